The standard InChI is InChI=1S/C13H16F2N2O2S/c1-8(16-13(18)17-10-6-20-7-10)9-2-4-11(5-3-9)19-12(14)15/h2-5,8,10,12H,6-7H2,1H3,(H2,16,17,18). The molecular weight excluding hydrogens is 286 g/mol. The maximum absolute atomic E-state index is 12.0. The molecule has 0 radical (unpaired) electrons. The number of thioether (sulfide) groups is 1. The minimum absolute atomic E-state index is 0.104. The van der Waals surface area contributed by atoms with Crippen molar-refractivity contribution in [2.75, 3.05) is 11.5 Å². The Hall–Kier alpha value is -1.50. The third-order valence-electron chi connectivity index (χ3n) is 2.93. The second-order valence-electron chi connectivity index (χ2n) is 4.52. The van der Waals surface area contributed by atoms with E-state index in [2.05, 4.69) is 15.4 Å². The molecule has 0 aliphatic carbocycles. The maximum atomic E-state index is 12.0. The van der Waals surface area contributed by atoms with Crippen LogP contribution in [0.5, 0.6) is 5.75 Å². The van der Waals surface area contributed by atoms with E-state index in [9.17, 15) is 13.6 Å². The molecule has 1 aromatic carbocycles. The Morgan fingerprint density at radius 1 is 1.35 bits per heavy atom. The van der Waals surface area contributed by atoms with E-state index in [1.54, 1.807) is 23.9 Å². The minimum Gasteiger partial charge on any atom is -0.435 e. The summed E-state index contributed by atoms with van der Waals surface area (Å²) in [4.78, 5) is 11.7. The molecule has 1 saturated heterocycles. The molecule has 1 aromatic rings. The number of nitrogens with one attached hydrogen (secondary N) is 2. The zero-order valence-corrected chi connectivity index (χ0v) is 11.8. The van der Waals surface area contributed by atoms with E-state index in [0.29, 0.717) is 0 Å². The van der Waals surface area contributed by atoms with E-state index in [-0.39, 0.29) is 23.9 Å². The molecule has 7 heteroatoms. The van der Waals surface area contributed by atoms with Crippen LogP contribution in [-0.4, -0.2) is 30.2 Å². The summed E-state index contributed by atoms with van der Waals surface area (Å²) in [6.45, 7) is -1.000. The van der Waals surface area contributed by atoms with Crippen LogP contribution in [0.1, 0.15) is 18.5 Å². The molecule has 1 fully saturated rings. The number of carbonyl (C=O) groups excluding carboxylic acids is 1. The minimum atomic E-state index is -2.83. The molecule has 2 N–H and O–H groups in total. The number of amides is 2. The van der Waals surface area contributed by atoms with Crippen LogP contribution in [0.4, 0.5) is 13.6 Å². The molecule has 0 bridgehead atoms. The number of ether oxygens (including phenoxy) is 1. The van der Waals surface area contributed by atoms with Crippen molar-refractivity contribution in [2.24, 2.45) is 0 Å². The van der Waals surface area contributed by atoms with Crippen molar-refractivity contribution >= 4 is 17.8 Å². The summed E-state index contributed by atoms with van der Waals surface area (Å²) >= 11 is 1.79. The molecule has 20 heavy (non-hydrogen) atoms. The molecule has 2 amide bonds. The Balaban J connectivity index is 1.84. The largest absolute Gasteiger partial charge is 0.435 e. The van der Waals surface area contributed by atoms with E-state index in [1.807, 2.05) is 6.92 Å². The fourth-order valence-electron chi connectivity index (χ4n) is 1.76. The first-order valence-corrected chi connectivity index (χ1v) is 7.39. The molecule has 0 saturated carbocycles. The van der Waals surface area contributed by atoms with Gasteiger partial charge in [-0.05, 0) is 24.6 Å². The molecule has 4 nitrogen and oxygen atoms in total. The number of hydrogen-bond acceptors (Lipinski definition) is 3. The highest BCUT2D eigenvalue weighted by Crippen LogP contribution is 2.20. The Bertz CT molecular complexity index is 452. The van der Waals surface area contributed by atoms with Gasteiger partial charge in [0.1, 0.15) is 5.75 Å². The Kier molecular flexibility index (Phi) is 5.05. The summed E-state index contributed by atoms with van der Waals surface area (Å²) in [5.41, 5.74) is 0.824. The Morgan fingerprint density at radius 2 is 2.00 bits per heavy atom. The molecule has 1 aliphatic rings. The number of urea groups is 1. The SMILES string of the molecule is CC(NC(=O)NC1CSC1)c1ccc(OC(F)F)cc1. The molecule has 0 spiro atoms. The Morgan fingerprint density at radius 3 is 2.50 bits per heavy atom. The van der Waals surface area contributed by atoms with Crippen molar-refractivity contribution in [1.82, 2.24) is 10.6 Å². The number of alkyl halides is 2. The predicted octanol–water partition coefficient (Wildman–Crippen LogP) is 2.76. The summed E-state index contributed by atoms with van der Waals surface area (Å²) in [5, 5.41) is 5.67. The maximum Gasteiger partial charge on any atom is 0.387 e. The van der Waals surface area contributed by atoms with E-state index >= 15 is 0 Å². The predicted molar refractivity (Wildman–Crippen MR) is 74.3 cm³/mol. The van der Waals surface area contributed by atoms with Crippen LogP contribution in [0.15, 0.2) is 24.3 Å². The number of carbonyl (C=O) groups is 1. The molecular formula is C13H16F2N2O2S. The smallest absolute Gasteiger partial charge is 0.387 e. The molecule has 1 unspecified atom stereocenters. The monoisotopic (exact) mass is 302 g/mol. The van der Waals surface area contributed by atoms with Crippen LogP contribution in [0.2, 0.25) is 0 Å². The molecule has 0 aromatic heterocycles. The van der Waals surface area contributed by atoms with Gasteiger partial charge in [-0.15, -0.1) is 0 Å². The van der Waals surface area contributed by atoms with Crippen molar-refractivity contribution < 1.29 is 18.3 Å². The first-order chi connectivity index (χ1) is 9.54. The van der Waals surface area contributed by atoms with Crippen molar-refractivity contribution in [3.63, 3.8) is 0 Å². The summed E-state index contributed by atoms with van der Waals surface area (Å²) in [6, 6.07) is 6.05. The van der Waals surface area contributed by atoms with E-state index in [0.717, 1.165) is 17.1 Å². The van der Waals surface area contributed by atoms with Crippen LogP contribution in [0.3, 0.4) is 0 Å². The third-order valence-corrected chi connectivity index (χ3v) is 4.20. The van der Waals surface area contributed by atoms with Gasteiger partial charge in [0, 0.05) is 17.5 Å². The zero-order chi connectivity index (χ0) is 14.5. The van der Waals surface area contributed by atoms with Crippen molar-refractivity contribution in [3.05, 3.63) is 29.8 Å². The van der Waals surface area contributed by atoms with Crippen molar-refractivity contribution in [1.29, 1.82) is 0 Å². The van der Waals surface area contributed by atoms with Crippen LogP contribution in [-0.2, 0) is 0 Å². The van der Waals surface area contributed by atoms with Gasteiger partial charge in [0.05, 0.1) is 6.04 Å². The number of halogens is 2. The van der Waals surface area contributed by atoms with Gasteiger partial charge in [0.2, 0.25) is 0 Å². The quantitative estimate of drug-likeness (QED) is 0.879. The van der Waals surface area contributed by atoms with E-state index in [1.165, 1.54) is 12.1 Å². The number of benzene rings is 1. The highest BCUT2D eigenvalue weighted by molar-refractivity contribution is 8.00. The van der Waals surface area contributed by atoms with Gasteiger partial charge < -0.3 is 15.4 Å². The average molecular weight is 302 g/mol. The van der Waals surface area contributed by atoms with E-state index in [4.69, 9.17) is 0 Å². The summed E-state index contributed by atoms with van der Waals surface area (Å²) in [7, 11) is 0. The highest BCUT2D eigenvalue weighted by atomic mass is 32.2. The van der Waals surface area contributed by atoms with Gasteiger partial charge in [-0.2, -0.15) is 20.5 Å². The highest BCUT2D eigenvalue weighted by Gasteiger charge is 2.20. The lowest BCUT2D eigenvalue weighted by molar-refractivity contribution is -0.0498. The molecule has 1 aliphatic heterocycles. The topological polar surface area (TPSA) is 50.4 Å². The van der Waals surface area contributed by atoms with Gasteiger partial charge in [-0.3, -0.25) is 0 Å². The molecule has 1 atom stereocenters. The summed E-state index contributed by atoms with van der Waals surface area (Å²) < 4.78 is 28.3. The normalized spacial score (nSPS) is 16.4. The lowest BCUT2D eigenvalue weighted by Crippen LogP contribution is -2.48. The van der Waals surface area contributed by atoms with Gasteiger partial charge in [0.15, 0.2) is 0 Å². The lowest BCUT2D eigenvalue weighted by atomic mass is 10.1. The zero-order valence-electron chi connectivity index (χ0n) is 10.9. The van der Waals surface area contributed by atoms with Crippen LogP contribution >= 0.6 is 11.8 Å². The second-order valence-corrected chi connectivity index (χ2v) is 5.60. The fraction of sp³-hybridized carbons (Fsp3) is 0.462. The van der Waals surface area contributed by atoms with Crippen LogP contribution in [0.25, 0.3) is 0 Å². The average Bonchev–Trinajstić information content (AvgIpc) is 2.34. The van der Waals surface area contributed by atoms with Crippen LogP contribution in [0, 0.1) is 0 Å². The fourth-order valence-corrected chi connectivity index (χ4v) is 2.40. The first-order valence-electron chi connectivity index (χ1n) is 6.24. The summed E-state index contributed by atoms with van der Waals surface area (Å²) in [6.07, 6.45) is 0. The molecule has 110 valence electrons. The van der Waals surface area contributed by atoms with Gasteiger partial charge in [-0.1, -0.05) is 12.1 Å². The van der Waals surface area contributed by atoms with Gasteiger partial charge >= 0.3 is 12.6 Å². The second kappa shape index (κ2) is 6.78. The number of rotatable bonds is 5. The van der Waals surface area contributed by atoms with Crippen molar-refractivity contribution in [3.8, 4) is 5.75 Å². The van der Waals surface area contributed by atoms with Crippen LogP contribution < -0.4 is 15.4 Å². The van der Waals surface area contributed by atoms with E-state index < -0.39 is 6.61 Å². The summed E-state index contributed by atoms with van der Waals surface area (Å²) in [5.74, 6) is 2.00. The number of hydrogen-bond donors (Lipinski definition) is 2. The molecule has 1 heterocycles. The van der Waals surface area contributed by atoms with Crippen molar-refractivity contribution in [2.45, 2.75) is 25.6 Å². The third kappa shape index (κ3) is 4.26. The molecule has 2 rings (SSSR count). The lowest BCUT2D eigenvalue weighted by Gasteiger charge is -2.26. The first kappa shape index (κ1) is 14.9. The van der Waals surface area contributed by atoms with Gasteiger partial charge in [0.25, 0.3) is 0 Å². The van der Waals surface area contributed by atoms with Gasteiger partial charge in [-0.25, -0.2) is 4.79 Å². The Labute approximate surface area is 120 Å².